The van der Waals surface area contributed by atoms with Gasteiger partial charge in [0.15, 0.2) is 0 Å². The van der Waals surface area contributed by atoms with Gasteiger partial charge in [0.2, 0.25) is 0 Å². The minimum atomic E-state index is -0.0718. The molecule has 2 aromatic rings. The second-order valence-electron chi connectivity index (χ2n) is 3.77. The molecule has 0 aliphatic rings. The Morgan fingerprint density at radius 3 is 2.37 bits per heavy atom. The number of nitrogens with zero attached hydrogens (tertiary/aromatic N) is 1. The molecule has 3 nitrogen and oxygen atoms in total. The molecule has 0 heterocycles. The van der Waals surface area contributed by atoms with Crippen molar-refractivity contribution in [3.63, 3.8) is 0 Å². The van der Waals surface area contributed by atoms with Gasteiger partial charge >= 0.3 is 0 Å². The lowest BCUT2D eigenvalue weighted by atomic mass is 10.2. The molecule has 0 atom stereocenters. The maximum Gasteiger partial charge on any atom is 0.142 e. The van der Waals surface area contributed by atoms with Crippen molar-refractivity contribution in [2.45, 2.75) is 6.61 Å². The fourth-order valence-corrected chi connectivity index (χ4v) is 2.70. The Morgan fingerprint density at radius 1 is 1.11 bits per heavy atom. The molecule has 19 heavy (non-hydrogen) atoms. The lowest BCUT2D eigenvalue weighted by Crippen LogP contribution is -1.91. The van der Waals surface area contributed by atoms with Crippen LogP contribution in [0.25, 0.3) is 0 Å². The Kier molecular flexibility index (Phi) is 4.59. The second-order valence-corrected chi connectivity index (χ2v) is 5.48. The maximum atomic E-state index is 9.23. The number of nitriles is 1. The molecule has 0 aliphatic carbocycles. The molecule has 0 bridgehead atoms. The van der Waals surface area contributed by atoms with Crippen molar-refractivity contribution in [1.82, 2.24) is 0 Å². The van der Waals surface area contributed by atoms with Crippen LogP contribution in [0.4, 0.5) is 0 Å². The standard InChI is InChI=1S/C14H9Br2NO2/c15-12-6-13(16)14(5-10(12)8-18)19-11-3-1-9(7-17)2-4-11/h1-6,18H,8H2. The third-order valence-electron chi connectivity index (χ3n) is 2.48. The fourth-order valence-electron chi connectivity index (χ4n) is 1.50. The van der Waals surface area contributed by atoms with Crippen molar-refractivity contribution in [3.05, 3.63) is 56.5 Å². The van der Waals surface area contributed by atoms with Crippen LogP contribution in [-0.2, 0) is 6.61 Å². The summed E-state index contributed by atoms with van der Waals surface area (Å²) in [5, 5.41) is 18.0. The van der Waals surface area contributed by atoms with Crippen LogP contribution in [0.15, 0.2) is 45.3 Å². The normalized spacial score (nSPS) is 10.0. The highest BCUT2D eigenvalue weighted by Gasteiger charge is 2.08. The molecule has 0 amide bonds. The Morgan fingerprint density at radius 2 is 1.79 bits per heavy atom. The van der Waals surface area contributed by atoms with E-state index in [2.05, 4.69) is 37.9 Å². The molecule has 0 fully saturated rings. The van der Waals surface area contributed by atoms with E-state index < -0.39 is 0 Å². The molecular weight excluding hydrogens is 374 g/mol. The van der Waals surface area contributed by atoms with Crippen molar-refractivity contribution in [2.75, 3.05) is 0 Å². The third-order valence-corrected chi connectivity index (χ3v) is 3.84. The summed E-state index contributed by atoms with van der Waals surface area (Å²) in [6.45, 7) is -0.0718. The number of halogens is 2. The average molecular weight is 383 g/mol. The van der Waals surface area contributed by atoms with Gasteiger partial charge in [-0.15, -0.1) is 0 Å². The molecular formula is C14H9Br2NO2. The van der Waals surface area contributed by atoms with Crippen LogP contribution in [-0.4, -0.2) is 5.11 Å². The molecule has 0 radical (unpaired) electrons. The molecule has 2 rings (SSSR count). The molecule has 2 aromatic carbocycles. The SMILES string of the molecule is N#Cc1ccc(Oc2cc(CO)c(Br)cc2Br)cc1. The van der Waals surface area contributed by atoms with Crippen molar-refractivity contribution in [1.29, 1.82) is 5.26 Å². The van der Waals surface area contributed by atoms with Crippen LogP contribution >= 0.6 is 31.9 Å². The number of hydrogen-bond acceptors (Lipinski definition) is 3. The Balaban J connectivity index is 2.29. The van der Waals surface area contributed by atoms with E-state index in [0.717, 1.165) is 14.5 Å². The first kappa shape index (κ1) is 14.1. The van der Waals surface area contributed by atoms with Gasteiger partial charge in [0.25, 0.3) is 0 Å². The zero-order valence-corrected chi connectivity index (χ0v) is 12.9. The summed E-state index contributed by atoms with van der Waals surface area (Å²) in [6, 6.07) is 12.5. The summed E-state index contributed by atoms with van der Waals surface area (Å²) in [4.78, 5) is 0. The molecule has 0 spiro atoms. The predicted octanol–water partition coefficient (Wildman–Crippen LogP) is 4.37. The van der Waals surface area contributed by atoms with Crippen molar-refractivity contribution in [2.24, 2.45) is 0 Å². The first-order valence-corrected chi connectivity index (χ1v) is 6.99. The molecule has 5 heteroatoms. The van der Waals surface area contributed by atoms with Crippen LogP contribution in [0.2, 0.25) is 0 Å². The molecule has 96 valence electrons. The van der Waals surface area contributed by atoms with Crippen molar-refractivity contribution < 1.29 is 9.84 Å². The van der Waals surface area contributed by atoms with Crippen LogP contribution < -0.4 is 4.74 Å². The number of benzene rings is 2. The number of aliphatic hydroxyl groups excluding tert-OH is 1. The van der Waals surface area contributed by atoms with Gasteiger partial charge in [-0.05, 0) is 57.9 Å². The van der Waals surface area contributed by atoms with Gasteiger partial charge in [0.05, 0.1) is 22.7 Å². The summed E-state index contributed by atoms with van der Waals surface area (Å²) < 4.78 is 7.31. The minimum Gasteiger partial charge on any atom is -0.456 e. The first-order valence-electron chi connectivity index (χ1n) is 5.41. The quantitative estimate of drug-likeness (QED) is 0.857. The Labute approximate surface area is 127 Å². The maximum absolute atomic E-state index is 9.23. The van der Waals surface area contributed by atoms with Crippen LogP contribution in [0.1, 0.15) is 11.1 Å². The van der Waals surface area contributed by atoms with E-state index in [4.69, 9.17) is 10.00 Å². The fraction of sp³-hybridized carbons (Fsp3) is 0.0714. The zero-order valence-electron chi connectivity index (χ0n) is 9.73. The Hall–Kier alpha value is -1.35. The third kappa shape index (κ3) is 3.35. The van der Waals surface area contributed by atoms with Gasteiger partial charge in [-0.2, -0.15) is 5.26 Å². The topological polar surface area (TPSA) is 53.2 Å². The van der Waals surface area contributed by atoms with E-state index in [-0.39, 0.29) is 6.61 Å². The number of hydrogen-bond donors (Lipinski definition) is 1. The van der Waals surface area contributed by atoms with E-state index in [1.165, 1.54) is 0 Å². The van der Waals surface area contributed by atoms with Gasteiger partial charge in [-0.25, -0.2) is 0 Å². The number of rotatable bonds is 3. The average Bonchev–Trinajstić information content (AvgIpc) is 2.42. The Bertz CT molecular complexity index is 633. The summed E-state index contributed by atoms with van der Waals surface area (Å²) in [7, 11) is 0. The summed E-state index contributed by atoms with van der Waals surface area (Å²) in [5.74, 6) is 1.24. The largest absolute Gasteiger partial charge is 0.456 e. The van der Waals surface area contributed by atoms with Crippen molar-refractivity contribution in [3.8, 4) is 17.6 Å². The van der Waals surface area contributed by atoms with Gasteiger partial charge in [-0.1, -0.05) is 15.9 Å². The smallest absolute Gasteiger partial charge is 0.142 e. The number of aliphatic hydroxyl groups is 1. The van der Waals surface area contributed by atoms with E-state index in [9.17, 15) is 5.11 Å². The predicted molar refractivity (Wildman–Crippen MR) is 79.0 cm³/mol. The lowest BCUT2D eigenvalue weighted by molar-refractivity contribution is 0.280. The highest BCUT2D eigenvalue weighted by molar-refractivity contribution is 9.11. The minimum absolute atomic E-state index is 0.0718. The van der Waals surface area contributed by atoms with E-state index >= 15 is 0 Å². The van der Waals surface area contributed by atoms with E-state index in [0.29, 0.717) is 17.1 Å². The number of ether oxygens (including phenoxy) is 1. The summed E-state index contributed by atoms with van der Waals surface area (Å²) >= 11 is 6.77. The monoisotopic (exact) mass is 381 g/mol. The van der Waals surface area contributed by atoms with Crippen LogP contribution in [0.3, 0.4) is 0 Å². The van der Waals surface area contributed by atoms with Gasteiger partial charge in [0, 0.05) is 4.47 Å². The molecule has 0 saturated heterocycles. The van der Waals surface area contributed by atoms with Crippen LogP contribution in [0, 0.1) is 11.3 Å². The van der Waals surface area contributed by atoms with Crippen LogP contribution in [0.5, 0.6) is 11.5 Å². The van der Waals surface area contributed by atoms with E-state index in [1.807, 2.05) is 6.07 Å². The molecule has 0 aromatic heterocycles. The summed E-state index contributed by atoms with van der Waals surface area (Å²) in [6.07, 6.45) is 0. The zero-order chi connectivity index (χ0) is 13.8. The van der Waals surface area contributed by atoms with Crippen molar-refractivity contribution >= 4 is 31.9 Å². The molecule has 0 unspecified atom stereocenters. The van der Waals surface area contributed by atoms with Gasteiger partial charge in [-0.3, -0.25) is 0 Å². The lowest BCUT2D eigenvalue weighted by Gasteiger charge is -2.10. The molecule has 0 aliphatic heterocycles. The highest BCUT2D eigenvalue weighted by Crippen LogP contribution is 2.34. The first-order chi connectivity index (χ1) is 9.13. The molecule has 0 saturated carbocycles. The van der Waals surface area contributed by atoms with Gasteiger partial charge < -0.3 is 9.84 Å². The highest BCUT2D eigenvalue weighted by atomic mass is 79.9. The van der Waals surface area contributed by atoms with Gasteiger partial charge in [0.1, 0.15) is 11.5 Å². The van der Waals surface area contributed by atoms with E-state index in [1.54, 1.807) is 30.3 Å². The summed E-state index contributed by atoms with van der Waals surface area (Å²) in [5.41, 5.74) is 1.32. The second kappa shape index (κ2) is 6.20. The molecule has 1 N–H and O–H groups in total.